The van der Waals surface area contributed by atoms with E-state index in [4.69, 9.17) is 0 Å². The standard InChI is InChI=1S/C22H24F2N2O2/c1-13(2)20(26-21(27)19-16(23)10-6-11-17(19)24)22(28)25-18-12-5-8-14-7-3-4-9-15(14)18/h3-4,6-7,9-11,13,18,20H,5,8,12H2,1-2H3,(H,25,28)(H,26,27)/t18-,20-/m1/s1. The molecule has 0 unspecified atom stereocenters. The second kappa shape index (κ2) is 8.50. The van der Waals surface area contributed by atoms with Crippen molar-refractivity contribution in [2.24, 2.45) is 5.92 Å². The Balaban J connectivity index is 1.76. The van der Waals surface area contributed by atoms with E-state index in [0.29, 0.717) is 0 Å². The van der Waals surface area contributed by atoms with Gasteiger partial charge in [0.05, 0.1) is 6.04 Å². The lowest BCUT2D eigenvalue weighted by atomic mass is 9.87. The molecule has 2 N–H and O–H groups in total. The van der Waals surface area contributed by atoms with E-state index in [0.717, 1.165) is 37.0 Å². The number of carbonyl (C=O) groups is 2. The SMILES string of the molecule is CC(C)[C@@H](NC(=O)c1c(F)cccc1F)C(=O)N[C@@H]1CCCc2ccccc21. The molecule has 0 aromatic heterocycles. The van der Waals surface area contributed by atoms with Crippen molar-refractivity contribution in [2.45, 2.75) is 45.2 Å². The summed E-state index contributed by atoms with van der Waals surface area (Å²) in [6, 6.07) is 10.1. The van der Waals surface area contributed by atoms with E-state index < -0.39 is 29.1 Å². The van der Waals surface area contributed by atoms with Crippen molar-refractivity contribution < 1.29 is 18.4 Å². The van der Waals surface area contributed by atoms with Crippen LogP contribution in [-0.2, 0) is 11.2 Å². The molecule has 0 saturated carbocycles. The number of fused-ring (bicyclic) bond motifs is 1. The second-order valence-corrected chi connectivity index (χ2v) is 7.44. The molecule has 1 aliphatic rings. The van der Waals surface area contributed by atoms with Gasteiger partial charge in [0.25, 0.3) is 5.91 Å². The van der Waals surface area contributed by atoms with Gasteiger partial charge in [-0.2, -0.15) is 0 Å². The Morgan fingerprint density at radius 1 is 1.04 bits per heavy atom. The summed E-state index contributed by atoms with van der Waals surface area (Å²) in [4.78, 5) is 25.3. The Kier molecular flexibility index (Phi) is 6.07. The number of aryl methyl sites for hydroxylation is 1. The quantitative estimate of drug-likeness (QED) is 0.819. The third kappa shape index (κ3) is 4.21. The summed E-state index contributed by atoms with van der Waals surface area (Å²) in [5, 5.41) is 5.50. The van der Waals surface area contributed by atoms with Crippen LogP contribution in [-0.4, -0.2) is 17.9 Å². The van der Waals surface area contributed by atoms with Gasteiger partial charge in [0, 0.05) is 0 Å². The van der Waals surface area contributed by atoms with Crippen LogP contribution in [0.3, 0.4) is 0 Å². The molecule has 0 radical (unpaired) electrons. The summed E-state index contributed by atoms with van der Waals surface area (Å²) < 4.78 is 27.8. The number of carbonyl (C=O) groups excluding carboxylic acids is 2. The lowest BCUT2D eigenvalue weighted by Crippen LogP contribution is -2.51. The van der Waals surface area contributed by atoms with Gasteiger partial charge in [-0.1, -0.05) is 44.2 Å². The molecule has 3 rings (SSSR count). The van der Waals surface area contributed by atoms with Crippen LogP contribution in [0.15, 0.2) is 42.5 Å². The summed E-state index contributed by atoms with van der Waals surface area (Å²) in [5.41, 5.74) is 1.61. The van der Waals surface area contributed by atoms with Crippen molar-refractivity contribution in [1.29, 1.82) is 0 Å². The first-order chi connectivity index (χ1) is 13.4. The van der Waals surface area contributed by atoms with Crippen molar-refractivity contribution >= 4 is 11.8 Å². The van der Waals surface area contributed by atoms with Crippen LogP contribution >= 0.6 is 0 Å². The van der Waals surface area contributed by atoms with E-state index >= 15 is 0 Å². The predicted octanol–water partition coefficient (Wildman–Crippen LogP) is 3.91. The molecule has 2 aromatic carbocycles. The summed E-state index contributed by atoms with van der Waals surface area (Å²) in [7, 11) is 0. The molecule has 4 nitrogen and oxygen atoms in total. The Hall–Kier alpha value is -2.76. The summed E-state index contributed by atoms with van der Waals surface area (Å²) in [6.45, 7) is 3.55. The topological polar surface area (TPSA) is 58.2 Å². The zero-order chi connectivity index (χ0) is 20.3. The molecule has 28 heavy (non-hydrogen) atoms. The highest BCUT2D eigenvalue weighted by atomic mass is 19.1. The molecular formula is C22H24F2N2O2. The molecule has 2 amide bonds. The number of hydrogen-bond donors (Lipinski definition) is 2. The Morgan fingerprint density at radius 3 is 2.39 bits per heavy atom. The van der Waals surface area contributed by atoms with Crippen LogP contribution in [0.5, 0.6) is 0 Å². The van der Waals surface area contributed by atoms with Crippen LogP contribution in [0.4, 0.5) is 8.78 Å². The summed E-state index contributed by atoms with van der Waals surface area (Å²) >= 11 is 0. The zero-order valence-corrected chi connectivity index (χ0v) is 16.0. The third-order valence-corrected chi connectivity index (χ3v) is 5.11. The molecule has 0 bridgehead atoms. The van der Waals surface area contributed by atoms with E-state index in [2.05, 4.69) is 16.7 Å². The molecular weight excluding hydrogens is 362 g/mol. The fourth-order valence-electron chi connectivity index (χ4n) is 3.63. The monoisotopic (exact) mass is 386 g/mol. The van der Waals surface area contributed by atoms with Crippen molar-refractivity contribution in [1.82, 2.24) is 10.6 Å². The minimum Gasteiger partial charge on any atom is -0.347 e. The lowest BCUT2D eigenvalue weighted by molar-refractivity contribution is -0.124. The molecule has 1 aliphatic carbocycles. The van der Waals surface area contributed by atoms with Gasteiger partial charge in [0.1, 0.15) is 23.2 Å². The van der Waals surface area contributed by atoms with Crippen LogP contribution in [0.2, 0.25) is 0 Å². The highest BCUT2D eigenvalue weighted by Gasteiger charge is 2.30. The van der Waals surface area contributed by atoms with E-state index in [-0.39, 0.29) is 17.9 Å². The van der Waals surface area contributed by atoms with Crippen molar-refractivity contribution in [3.05, 3.63) is 70.8 Å². The van der Waals surface area contributed by atoms with Crippen LogP contribution < -0.4 is 10.6 Å². The van der Waals surface area contributed by atoms with E-state index in [1.165, 1.54) is 11.6 Å². The normalized spacial score (nSPS) is 17.0. The van der Waals surface area contributed by atoms with Crippen LogP contribution in [0.1, 0.15) is 54.2 Å². The average Bonchev–Trinajstić information content (AvgIpc) is 2.66. The molecule has 0 saturated heterocycles. The number of hydrogen-bond acceptors (Lipinski definition) is 2. The first-order valence-electron chi connectivity index (χ1n) is 9.51. The highest BCUT2D eigenvalue weighted by molar-refractivity contribution is 5.98. The fourth-order valence-corrected chi connectivity index (χ4v) is 3.63. The van der Waals surface area contributed by atoms with Gasteiger partial charge in [0.2, 0.25) is 5.91 Å². The average molecular weight is 386 g/mol. The maximum absolute atomic E-state index is 13.9. The Labute approximate surface area is 163 Å². The Morgan fingerprint density at radius 2 is 1.71 bits per heavy atom. The zero-order valence-electron chi connectivity index (χ0n) is 16.0. The predicted molar refractivity (Wildman–Crippen MR) is 103 cm³/mol. The molecule has 0 heterocycles. The number of rotatable bonds is 5. The number of nitrogens with one attached hydrogen (secondary N) is 2. The van der Waals surface area contributed by atoms with Crippen LogP contribution in [0.25, 0.3) is 0 Å². The first kappa shape index (κ1) is 20.0. The maximum atomic E-state index is 13.9. The lowest BCUT2D eigenvalue weighted by Gasteiger charge is -2.29. The second-order valence-electron chi connectivity index (χ2n) is 7.44. The summed E-state index contributed by atoms with van der Waals surface area (Å²) in [5.74, 6) is -3.46. The number of benzene rings is 2. The summed E-state index contributed by atoms with van der Waals surface area (Å²) in [6.07, 6.45) is 2.74. The minimum atomic E-state index is -0.957. The fraction of sp³-hybridized carbons (Fsp3) is 0.364. The molecule has 0 aliphatic heterocycles. The van der Waals surface area contributed by atoms with E-state index in [1.807, 2.05) is 18.2 Å². The first-order valence-corrected chi connectivity index (χ1v) is 9.51. The molecule has 0 spiro atoms. The van der Waals surface area contributed by atoms with Gasteiger partial charge in [-0.05, 0) is 48.4 Å². The van der Waals surface area contributed by atoms with Gasteiger partial charge >= 0.3 is 0 Å². The van der Waals surface area contributed by atoms with Crippen molar-refractivity contribution in [2.75, 3.05) is 0 Å². The third-order valence-electron chi connectivity index (χ3n) is 5.11. The smallest absolute Gasteiger partial charge is 0.257 e. The molecule has 6 heteroatoms. The van der Waals surface area contributed by atoms with Gasteiger partial charge in [-0.3, -0.25) is 9.59 Å². The number of amides is 2. The molecule has 2 atom stereocenters. The molecule has 148 valence electrons. The van der Waals surface area contributed by atoms with Crippen molar-refractivity contribution in [3.8, 4) is 0 Å². The Bertz CT molecular complexity index is 862. The van der Waals surface area contributed by atoms with Crippen molar-refractivity contribution in [3.63, 3.8) is 0 Å². The minimum absolute atomic E-state index is 0.138. The number of halogens is 2. The maximum Gasteiger partial charge on any atom is 0.257 e. The van der Waals surface area contributed by atoms with E-state index in [1.54, 1.807) is 13.8 Å². The highest BCUT2D eigenvalue weighted by Crippen LogP contribution is 2.29. The van der Waals surface area contributed by atoms with Gasteiger partial charge in [0.15, 0.2) is 0 Å². The van der Waals surface area contributed by atoms with Crippen LogP contribution in [0, 0.1) is 17.6 Å². The largest absolute Gasteiger partial charge is 0.347 e. The van der Waals surface area contributed by atoms with Gasteiger partial charge < -0.3 is 10.6 Å². The van der Waals surface area contributed by atoms with Gasteiger partial charge in [-0.25, -0.2) is 8.78 Å². The van der Waals surface area contributed by atoms with E-state index in [9.17, 15) is 18.4 Å². The molecule has 0 fully saturated rings. The van der Waals surface area contributed by atoms with Gasteiger partial charge in [-0.15, -0.1) is 0 Å². The molecule has 2 aromatic rings.